The van der Waals surface area contributed by atoms with Crippen LogP contribution in [0.4, 0.5) is 0 Å². The summed E-state index contributed by atoms with van der Waals surface area (Å²) in [5, 5.41) is 14.0. The van der Waals surface area contributed by atoms with Gasteiger partial charge >= 0.3 is 0 Å². The van der Waals surface area contributed by atoms with Crippen LogP contribution >= 0.6 is 11.3 Å². The monoisotopic (exact) mass is 271 g/mol. The lowest BCUT2D eigenvalue weighted by Crippen LogP contribution is -2.21. The topological polar surface area (TPSA) is 56.3 Å². The number of methoxy groups -OCH3 is 1. The smallest absolute Gasteiger partial charge is 0.120 e. The fraction of sp³-hybridized carbons (Fsp3) is 0.833. The quantitative estimate of drug-likeness (QED) is 0.716. The molecule has 6 heteroatoms. The Morgan fingerprint density at radius 1 is 1.39 bits per heavy atom. The van der Waals surface area contributed by atoms with Crippen LogP contribution in [0.1, 0.15) is 22.9 Å². The first-order valence-corrected chi connectivity index (χ1v) is 7.32. The van der Waals surface area contributed by atoms with Crippen molar-refractivity contribution in [1.82, 2.24) is 15.5 Å². The van der Waals surface area contributed by atoms with Crippen LogP contribution in [-0.2, 0) is 22.3 Å². The third-order valence-electron chi connectivity index (χ3n) is 2.93. The molecule has 0 saturated carbocycles. The predicted molar refractivity (Wildman–Crippen MR) is 71.0 cm³/mol. The summed E-state index contributed by atoms with van der Waals surface area (Å²) in [6.07, 6.45) is 4.57. The van der Waals surface area contributed by atoms with Crippen molar-refractivity contribution < 1.29 is 9.47 Å². The fourth-order valence-electron chi connectivity index (χ4n) is 1.97. The number of hydrogen-bond acceptors (Lipinski definition) is 6. The van der Waals surface area contributed by atoms with Gasteiger partial charge in [0.2, 0.25) is 0 Å². The van der Waals surface area contributed by atoms with Gasteiger partial charge in [0.15, 0.2) is 0 Å². The Kier molecular flexibility index (Phi) is 5.99. The van der Waals surface area contributed by atoms with E-state index in [1.54, 1.807) is 18.4 Å². The maximum Gasteiger partial charge on any atom is 0.120 e. The molecule has 18 heavy (non-hydrogen) atoms. The van der Waals surface area contributed by atoms with Gasteiger partial charge in [-0.2, -0.15) is 0 Å². The molecule has 0 radical (unpaired) electrons. The third kappa shape index (κ3) is 4.61. The molecule has 2 heterocycles. The minimum absolute atomic E-state index is 0.366. The number of aromatic nitrogens is 2. The van der Waals surface area contributed by atoms with Gasteiger partial charge in [0.1, 0.15) is 10.0 Å². The van der Waals surface area contributed by atoms with Crippen LogP contribution in [0.2, 0.25) is 0 Å². The molecule has 1 unspecified atom stereocenters. The van der Waals surface area contributed by atoms with Crippen molar-refractivity contribution in [3.8, 4) is 0 Å². The van der Waals surface area contributed by atoms with Crippen LogP contribution in [0, 0.1) is 0 Å². The first-order chi connectivity index (χ1) is 8.88. The first-order valence-electron chi connectivity index (χ1n) is 6.51. The minimum atomic E-state index is 0.366. The van der Waals surface area contributed by atoms with Crippen LogP contribution < -0.4 is 5.32 Å². The highest BCUT2D eigenvalue weighted by atomic mass is 32.1. The normalized spacial score (nSPS) is 19.5. The molecule has 1 fully saturated rings. The average molecular weight is 271 g/mol. The molecule has 1 aliphatic rings. The van der Waals surface area contributed by atoms with E-state index < -0.39 is 0 Å². The molecule has 1 N–H and O–H groups in total. The summed E-state index contributed by atoms with van der Waals surface area (Å²) in [6.45, 7) is 3.47. The van der Waals surface area contributed by atoms with E-state index in [0.29, 0.717) is 6.10 Å². The third-order valence-corrected chi connectivity index (χ3v) is 3.94. The molecule has 0 bridgehead atoms. The lowest BCUT2D eigenvalue weighted by molar-refractivity contribution is 0.111. The summed E-state index contributed by atoms with van der Waals surface area (Å²) in [5.41, 5.74) is 0. The summed E-state index contributed by atoms with van der Waals surface area (Å²) in [6, 6.07) is 0. The number of nitrogens with one attached hydrogen (secondary N) is 1. The van der Waals surface area contributed by atoms with E-state index in [1.165, 1.54) is 6.42 Å². The molecule has 0 amide bonds. The maximum atomic E-state index is 5.60. The molecule has 2 rings (SSSR count). The number of hydrogen-bond donors (Lipinski definition) is 1. The zero-order valence-corrected chi connectivity index (χ0v) is 11.7. The Labute approximate surface area is 112 Å². The molecule has 0 spiro atoms. The Hall–Kier alpha value is -0.560. The zero-order chi connectivity index (χ0) is 12.6. The Morgan fingerprint density at radius 3 is 3.06 bits per heavy atom. The van der Waals surface area contributed by atoms with Crippen LogP contribution in [0.15, 0.2) is 0 Å². The summed E-state index contributed by atoms with van der Waals surface area (Å²) in [7, 11) is 1.71. The summed E-state index contributed by atoms with van der Waals surface area (Å²) in [4.78, 5) is 0. The standard InChI is InChI=1S/C12H21N3O2S/c1-16-8-6-13-5-4-11-14-15-12(18-11)9-10-3-2-7-17-10/h10,13H,2-9H2,1H3. The summed E-state index contributed by atoms with van der Waals surface area (Å²) in [5.74, 6) is 0. The number of nitrogens with zero attached hydrogens (tertiary/aromatic N) is 2. The highest BCUT2D eigenvalue weighted by molar-refractivity contribution is 7.11. The van der Waals surface area contributed by atoms with E-state index in [0.717, 1.165) is 55.6 Å². The molecule has 1 saturated heterocycles. The second-order valence-corrected chi connectivity index (χ2v) is 5.57. The van der Waals surface area contributed by atoms with Gasteiger partial charge in [-0.25, -0.2) is 0 Å². The molecule has 0 aromatic carbocycles. The van der Waals surface area contributed by atoms with Crippen molar-refractivity contribution >= 4 is 11.3 Å². The highest BCUT2D eigenvalue weighted by Gasteiger charge is 2.18. The van der Waals surface area contributed by atoms with E-state index in [9.17, 15) is 0 Å². The maximum absolute atomic E-state index is 5.60. The molecule has 1 atom stereocenters. The molecular weight excluding hydrogens is 250 g/mol. The van der Waals surface area contributed by atoms with Gasteiger partial charge in [-0.1, -0.05) is 0 Å². The summed E-state index contributed by atoms with van der Waals surface area (Å²) >= 11 is 1.71. The molecule has 1 aromatic rings. The lowest BCUT2D eigenvalue weighted by Gasteiger charge is -2.04. The Bertz CT molecular complexity index is 340. The van der Waals surface area contributed by atoms with Gasteiger partial charge in [0.25, 0.3) is 0 Å². The second-order valence-electron chi connectivity index (χ2n) is 4.42. The van der Waals surface area contributed by atoms with Crippen molar-refractivity contribution in [2.45, 2.75) is 31.8 Å². The highest BCUT2D eigenvalue weighted by Crippen LogP contribution is 2.19. The van der Waals surface area contributed by atoms with Crippen molar-refractivity contribution in [3.05, 3.63) is 10.0 Å². The Morgan fingerprint density at radius 2 is 2.28 bits per heavy atom. The fourth-order valence-corrected chi connectivity index (χ4v) is 2.88. The van der Waals surface area contributed by atoms with E-state index in [1.807, 2.05) is 0 Å². The van der Waals surface area contributed by atoms with Crippen molar-refractivity contribution in [3.63, 3.8) is 0 Å². The van der Waals surface area contributed by atoms with Gasteiger partial charge in [0.05, 0.1) is 12.7 Å². The van der Waals surface area contributed by atoms with E-state index >= 15 is 0 Å². The molecule has 1 aromatic heterocycles. The van der Waals surface area contributed by atoms with Crippen molar-refractivity contribution in [2.24, 2.45) is 0 Å². The largest absolute Gasteiger partial charge is 0.383 e. The SMILES string of the molecule is COCCNCCc1nnc(CC2CCCO2)s1. The first kappa shape index (κ1) is 13.9. The van der Waals surface area contributed by atoms with Crippen LogP contribution in [0.5, 0.6) is 0 Å². The van der Waals surface area contributed by atoms with E-state index in [4.69, 9.17) is 9.47 Å². The number of ether oxygens (including phenoxy) is 2. The van der Waals surface area contributed by atoms with E-state index in [-0.39, 0.29) is 0 Å². The van der Waals surface area contributed by atoms with Gasteiger partial charge < -0.3 is 14.8 Å². The molecule has 0 aliphatic carbocycles. The number of rotatable bonds is 8. The van der Waals surface area contributed by atoms with Gasteiger partial charge in [0, 0.05) is 39.6 Å². The molecule has 5 nitrogen and oxygen atoms in total. The van der Waals surface area contributed by atoms with Crippen LogP contribution in [0.25, 0.3) is 0 Å². The molecular formula is C12H21N3O2S. The Balaban J connectivity index is 1.65. The second kappa shape index (κ2) is 7.78. The predicted octanol–water partition coefficient (Wildman–Crippen LogP) is 1.04. The van der Waals surface area contributed by atoms with Crippen LogP contribution in [-0.4, -0.2) is 49.7 Å². The van der Waals surface area contributed by atoms with E-state index in [2.05, 4.69) is 15.5 Å². The lowest BCUT2D eigenvalue weighted by atomic mass is 10.2. The minimum Gasteiger partial charge on any atom is -0.383 e. The van der Waals surface area contributed by atoms with Crippen molar-refractivity contribution in [1.29, 1.82) is 0 Å². The van der Waals surface area contributed by atoms with Crippen LogP contribution in [0.3, 0.4) is 0 Å². The van der Waals surface area contributed by atoms with Crippen molar-refractivity contribution in [2.75, 3.05) is 33.4 Å². The molecule has 102 valence electrons. The van der Waals surface area contributed by atoms with Gasteiger partial charge in [-0.05, 0) is 12.8 Å². The average Bonchev–Trinajstić information content (AvgIpc) is 3.02. The van der Waals surface area contributed by atoms with Gasteiger partial charge in [-0.3, -0.25) is 0 Å². The molecule has 1 aliphatic heterocycles. The summed E-state index contributed by atoms with van der Waals surface area (Å²) < 4.78 is 10.6. The van der Waals surface area contributed by atoms with Gasteiger partial charge in [-0.15, -0.1) is 21.5 Å². The zero-order valence-electron chi connectivity index (χ0n) is 10.9.